The first-order chi connectivity index (χ1) is 32.5. The lowest BCUT2D eigenvalue weighted by molar-refractivity contribution is -0.167. The van der Waals surface area contributed by atoms with E-state index in [0.29, 0.717) is 19.3 Å². The van der Waals surface area contributed by atoms with Crippen molar-refractivity contribution < 1.29 is 28.6 Å². The Morgan fingerprint density at radius 3 is 0.879 bits per heavy atom. The van der Waals surface area contributed by atoms with Gasteiger partial charge in [-0.1, -0.05) is 250 Å². The lowest BCUT2D eigenvalue weighted by Gasteiger charge is -2.18. The fourth-order valence-electron chi connectivity index (χ4n) is 8.47. The van der Waals surface area contributed by atoms with E-state index in [-0.39, 0.29) is 31.1 Å². The lowest BCUT2D eigenvalue weighted by Crippen LogP contribution is -2.30. The van der Waals surface area contributed by atoms with Gasteiger partial charge in [-0.15, -0.1) is 0 Å². The largest absolute Gasteiger partial charge is 0.462 e. The minimum Gasteiger partial charge on any atom is -0.462 e. The Balaban J connectivity index is 4.08. The predicted octanol–water partition coefficient (Wildman–Crippen LogP) is 19.3. The van der Waals surface area contributed by atoms with Crippen LogP contribution in [-0.4, -0.2) is 37.2 Å². The summed E-state index contributed by atoms with van der Waals surface area (Å²) in [6.07, 6.45) is 66.0. The molecule has 0 spiro atoms. The molecule has 0 saturated carbocycles. The molecule has 0 radical (unpaired) electrons. The van der Waals surface area contributed by atoms with Gasteiger partial charge in [0, 0.05) is 19.3 Å². The van der Waals surface area contributed by atoms with E-state index in [1.54, 1.807) is 0 Å². The second-order valence-electron chi connectivity index (χ2n) is 19.6. The van der Waals surface area contributed by atoms with Crippen LogP contribution in [-0.2, 0) is 28.6 Å². The van der Waals surface area contributed by atoms with Crippen molar-refractivity contribution in [2.45, 2.75) is 316 Å². The Labute approximate surface area is 410 Å². The van der Waals surface area contributed by atoms with Crippen molar-refractivity contribution in [1.82, 2.24) is 0 Å². The van der Waals surface area contributed by atoms with Gasteiger partial charge in [-0.25, -0.2) is 0 Å². The maximum Gasteiger partial charge on any atom is 0.306 e. The standard InChI is InChI=1S/C60H110O6/c1-4-7-10-13-16-18-20-22-24-26-27-28-29-30-31-32-33-35-36-38-40-42-44-47-50-53-59(62)65-56-57(55-64-58(61)52-49-46-15-12-9-6-3)66-60(63)54-51-48-45-43-41-39-37-34-25-23-21-19-17-14-11-8-5-2/h17,19,23,25-27,57H,4-16,18,20-22,24,28-56H2,1-3H3/b19-17-,25-23-,27-26-. The van der Waals surface area contributed by atoms with Crippen molar-refractivity contribution in [3.8, 4) is 0 Å². The first-order valence-corrected chi connectivity index (χ1v) is 29.0. The van der Waals surface area contributed by atoms with E-state index in [9.17, 15) is 14.4 Å². The summed E-state index contributed by atoms with van der Waals surface area (Å²) in [4.78, 5) is 37.9. The maximum atomic E-state index is 12.8. The molecule has 0 aliphatic rings. The highest BCUT2D eigenvalue weighted by Crippen LogP contribution is 2.16. The second-order valence-corrected chi connectivity index (χ2v) is 19.6. The van der Waals surface area contributed by atoms with Gasteiger partial charge < -0.3 is 14.2 Å². The van der Waals surface area contributed by atoms with E-state index in [0.717, 1.165) is 70.6 Å². The number of hydrogen-bond acceptors (Lipinski definition) is 6. The van der Waals surface area contributed by atoms with E-state index in [1.807, 2.05) is 0 Å². The molecular weight excluding hydrogens is 817 g/mol. The summed E-state index contributed by atoms with van der Waals surface area (Å²) >= 11 is 0. The molecule has 6 heteroatoms. The highest BCUT2D eigenvalue weighted by atomic mass is 16.6. The Kier molecular flexibility index (Phi) is 53.2. The van der Waals surface area contributed by atoms with Crippen LogP contribution in [0.5, 0.6) is 0 Å². The van der Waals surface area contributed by atoms with Crippen molar-refractivity contribution in [2.75, 3.05) is 13.2 Å². The summed E-state index contributed by atoms with van der Waals surface area (Å²) in [6, 6.07) is 0. The summed E-state index contributed by atoms with van der Waals surface area (Å²) in [5, 5.41) is 0. The topological polar surface area (TPSA) is 78.9 Å². The molecule has 66 heavy (non-hydrogen) atoms. The predicted molar refractivity (Wildman–Crippen MR) is 284 cm³/mol. The highest BCUT2D eigenvalue weighted by molar-refractivity contribution is 5.71. The van der Waals surface area contributed by atoms with Gasteiger partial charge >= 0.3 is 17.9 Å². The molecule has 0 aromatic rings. The summed E-state index contributed by atoms with van der Waals surface area (Å²) < 4.78 is 16.8. The van der Waals surface area contributed by atoms with Gasteiger partial charge in [-0.2, -0.15) is 0 Å². The van der Waals surface area contributed by atoms with Gasteiger partial charge in [-0.3, -0.25) is 14.4 Å². The zero-order valence-corrected chi connectivity index (χ0v) is 44.2. The minimum atomic E-state index is -0.771. The first kappa shape index (κ1) is 63.6. The molecule has 0 rings (SSSR count). The van der Waals surface area contributed by atoms with E-state index >= 15 is 0 Å². The molecule has 0 N–H and O–H groups in total. The Morgan fingerprint density at radius 2 is 0.545 bits per heavy atom. The molecule has 6 nitrogen and oxygen atoms in total. The van der Waals surface area contributed by atoms with Crippen molar-refractivity contribution in [3.63, 3.8) is 0 Å². The Bertz CT molecular complexity index is 1110. The quantitative estimate of drug-likeness (QED) is 0.0262. The monoisotopic (exact) mass is 927 g/mol. The number of ether oxygens (including phenoxy) is 3. The van der Waals surface area contributed by atoms with Crippen molar-refractivity contribution in [3.05, 3.63) is 36.5 Å². The number of hydrogen-bond donors (Lipinski definition) is 0. The van der Waals surface area contributed by atoms with E-state index in [1.165, 1.54) is 199 Å². The van der Waals surface area contributed by atoms with Gasteiger partial charge in [-0.05, 0) is 77.0 Å². The zero-order valence-electron chi connectivity index (χ0n) is 44.2. The normalized spacial score (nSPS) is 12.2. The molecule has 0 bridgehead atoms. The molecular formula is C60H110O6. The smallest absolute Gasteiger partial charge is 0.306 e. The van der Waals surface area contributed by atoms with Gasteiger partial charge in [0.05, 0.1) is 0 Å². The average Bonchev–Trinajstić information content (AvgIpc) is 3.31. The average molecular weight is 928 g/mol. The van der Waals surface area contributed by atoms with Crippen LogP contribution in [0, 0.1) is 0 Å². The number of carbonyl (C=O) groups excluding carboxylic acids is 3. The Hall–Kier alpha value is -2.37. The summed E-state index contributed by atoms with van der Waals surface area (Å²) in [6.45, 7) is 6.58. The number of rotatable bonds is 53. The van der Waals surface area contributed by atoms with Crippen molar-refractivity contribution in [2.24, 2.45) is 0 Å². The Morgan fingerprint density at radius 1 is 0.303 bits per heavy atom. The van der Waals surface area contributed by atoms with Crippen LogP contribution < -0.4 is 0 Å². The molecule has 0 aromatic heterocycles. The van der Waals surface area contributed by atoms with Gasteiger partial charge in [0.15, 0.2) is 6.10 Å². The van der Waals surface area contributed by atoms with Crippen LogP contribution in [0.25, 0.3) is 0 Å². The SMILES string of the molecule is CCCCC/C=C\C/C=C\CCCCCCCCCC(=O)OC(COC(=O)CCCCCCCC)COC(=O)CCCCCCCCCCCCCCC/C=C\CCCCCCCCCC. The molecule has 0 saturated heterocycles. The minimum absolute atomic E-state index is 0.0728. The summed E-state index contributed by atoms with van der Waals surface area (Å²) in [5.74, 6) is -0.877. The molecule has 0 aliphatic carbocycles. The fourth-order valence-corrected chi connectivity index (χ4v) is 8.47. The highest BCUT2D eigenvalue weighted by Gasteiger charge is 2.19. The van der Waals surface area contributed by atoms with Crippen LogP contribution in [0.1, 0.15) is 310 Å². The van der Waals surface area contributed by atoms with Gasteiger partial charge in [0.2, 0.25) is 0 Å². The number of allylic oxidation sites excluding steroid dienone is 6. The third-order valence-corrected chi connectivity index (χ3v) is 12.9. The number of unbranched alkanes of at least 4 members (excludes halogenated alkanes) is 36. The summed E-state index contributed by atoms with van der Waals surface area (Å²) in [5.41, 5.74) is 0. The van der Waals surface area contributed by atoms with E-state index in [4.69, 9.17) is 14.2 Å². The van der Waals surface area contributed by atoms with Gasteiger partial charge in [0.25, 0.3) is 0 Å². The molecule has 386 valence electrons. The molecule has 0 fully saturated rings. The summed E-state index contributed by atoms with van der Waals surface area (Å²) in [7, 11) is 0. The fraction of sp³-hybridized carbons (Fsp3) is 0.850. The molecule has 0 heterocycles. The van der Waals surface area contributed by atoms with E-state index < -0.39 is 6.10 Å². The van der Waals surface area contributed by atoms with Crippen LogP contribution in [0.4, 0.5) is 0 Å². The van der Waals surface area contributed by atoms with Crippen molar-refractivity contribution in [1.29, 1.82) is 0 Å². The third-order valence-electron chi connectivity index (χ3n) is 12.9. The molecule has 1 atom stereocenters. The third kappa shape index (κ3) is 52.6. The zero-order chi connectivity index (χ0) is 47.9. The molecule has 0 aromatic carbocycles. The van der Waals surface area contributed by atoms with Crippen LogP contribution >= 0.6 is 0 Å². The second kappa shape index (κ2) is 55.2. The van der Waals surface area contributed by atoms with Crippen LogP contribution in [0.2, 0.25) is 0 Å². The van der Waals surface area contributed by atoms with Crippen LogP contribution in [0.3, 0.4) is 0 Å². The van der Waals surface area contributed by atoms with Crippen LogP contribution in [0.15, 0.2) is 36.5 Å². The molecule has 1 unspecified atom stereocenters. The number of carbonyl (C=O) groups is 3. The first-order valence-electron chi connectivity index (χ1n) is 29.0. The lowest BCUT2D eigenvalue weighted by atomic mass is 10.0. The maximum absolute atomic E-state index is 12.8. The molecule has 0 aliphatic heterocycles. The van der Waals surface area contributed by atoms with E-state index in [2.05, 4.69) is 57.2 Å². The van der Waals surface area contributed by atoms with Crippen molar-refractivity contribution >= 4 is 17.9 Å². The van der Waals surface area contributed by atoms with Gasteiger partial charge in [0.1, 0.15) is 13.2 Å². The number of esters is 3. The molecule has 0 amide bonds.